The minimum absolute atomic E-state index is 0.0722. The van der Waals surface area contributed by atoms with Crippen LogP contribution in [0.5, 0.6) is 5.75 Å². The first-order valence-electron chi connectivity index (χ1n) is 7.77. The number of benzene rings is 2. The Morgan fingerprint density at radius 3 is 2.69 bits per heavy atom. The number of nitrogens with zero attached hydrogens (tertiary/aromatic N) is 2. The third kappa shape index (κ3) is 4.02. The van der Waals surface area contributed by atoms with Crippen molar-refractivity contribution >= 4 is 23.4 Å². The predicted molar refractivity (Wildman–Crippen MR) is 96.6 cm³/mol. The van der Waals surface area contributed by atoms with E-state index in [1.54, 1.807) is 43.3 Å². The van der Waals surface area contributed by atoms with Crippen molar-refractivity contribution in [2.45, 2.75) is 17.4 Å². The van der Waals surface area contributed by atoms with Gasteiger partial charge in [-0.3, -0.25) is 4.79 Å². The first kappa shape index (κ1) is 17.9. The minimum Gasteiger partial charge on any atom is -0.495 e. The van der Waals surface area contributed by atoms with Crippen LogP contribution in [0.15, 0.2) is 58.2 Å². The number of thioether (sulfide) groups is 1. The molecule has 26 heavy (non-hydrogen) atoms. The zero-order chi connectivity index (χ0) is 18.5. The maximum atomic E-state index is 13.8. The van der Waals surface area contributed by atoms with Crippen molar-refractivity contribution in [2.24, 2.45) is 0 Å². The van der Waals surface area contributed by atoms with Gasteiger partial charge in [0.1, 0.15) is 11.6 Å². The Morgan fingerprint density at radius 2 is 1.92 bits per heavy atom. The number of rotatable bonds is 6. The first-order chi connectivity index (χ1) is 12.6. The maximum Gasteiger partial charge on any atom is 0.277 e. The van der Waals surface area contributed by atoms with Crippen molar-refractivity contribution in [1.82, 2.24) is 10.2 Å². The highest BCUT2D eigenvalue weighted by Gasteiger charge is 2.20. The van der Waals surface area contributed by atoms with Gasteiger partial charge in [-0.05, 0) is 31.2 Å². The molecular formula is C18H16FN3O3S. The Kier molecular flexibility index (Phi) is 5.52. The van der Waals surface area contributed by atoms with E-state index in [2.05, 4.69) is 15.5 Å². The molecule has 8 heteroatoms. The first-order valence-corrected chi connectivity index (χ1v) is 8.65. The summed E-state index contributed by atoms with van der Waals surface area (Å²) in [6.07, 6.45) is 0. The van der Waals surface area contributed by atoms with Crippen molar-refractivity contribution in [3.63, 3.8) is 0 Å². The summed E-state index contributed by atoms with van der Waals surface area (Å²) >= 11 is 1.09. The van der Waals surface area contributed by atoms with E-state index < -0.39 is 11.1 Å². The van der Waals surface area contributed by atoms with Gasteiger partial charge >= 0.3 is 0 Å². The number of anilines is 1. The number of ether oxygens (including phenoxy) is 1. The number of hydrogen-bond donors (Lipinski definition) is 1. The van der Waals surface area contributed by atoms with E-state index in [-0.39, 0.29) is 22.6 Å². The number of aromatic nitrogens is 2. The van der Waals surface area contributed by atoms with Crippen LogP contribution < -0.4 is 10.1 Å². The monoisotopic (exact) mass is 373 g/mol. The highest BCUT2D eigenvalue weighted by atomic mass is 32.2. The fourth-order valence-corrected chi connectivity index (χ4v) is 2.87. The molecule has 0 saturated heterocycles. The van der Waals surface area contributed by atoms with Crippen LogP contribution >= 0.6 is 11.8 Å². The van der Waals surface area contributed by atoms with Crippen LogP contribution in [0.4, 0.5) is 10.1 Å². The summed E-state index contributed by atoms with van der Waals surface area (Å²) in [6.45, 7) is 1.71. The minimum atomic E-state index is -0.506. The lowest BCUT2D eigenvalue weighted by atomic mass is 10.2. The number of carbonyl (C=O) groups is 1. The van der Waals surface area contributed by atoms with Crippen molar-refractivity contribution in [2.75, 3.05) is 12.4 Å². The van der Waals surface area contributed by atoms with Gasteiger partial charge in [0.2, 0.25) is 5.91 Å². The molecular weight excluding hydrogens is 357 g/mol. The Hall–Kier alpha value is -2.87. The standard InChI is InChI=1S/C18H16FN3O3S/c1-11(16(23)20-14-9-5-6-10-15(14)24-2)26-18-22-21-17(25-18)12-7-3-4-8-13(12)19/h3-11H,1-2H3,(H,20,23)/t11-/m0/s1. The lowest BCUT2D eigenvalue weighted by molar-refractivity contribution is -0.115. The average Bonchev–Trinajstić information content (AvgIpc) is 3.10. The van der Waals surface area contributed by atoms with E-state index in [0.29, 0.717) is 11.4 Å². The van der Waals surface area contributed by atoms with Crippen molar-refractivity contribution in [1.29, 1.82) is 0 Å². The zero-order valence-electron chi connectivity index (χ0n) is 14.1. The van der Waals surface area contributed by atoms with Crippen LogP contribution in [0.1, 0.15) is 6.92 Å². The summed E-state index contributed by atoms with van der Waals surface area (Å²) < 4.78 is 24.5. The summed E-state index contributed by atoms with van der Waals surface area (Å²) in [7, 11) is 1.53. The van der Waals surface area contributed by atoms with Gasteiger partial charge in [0.25, 0.3) is 11.1 Å². The van der Waals surface area contributed by atoms with E-state index in [9.17, 15) is 9.18 Å². The van der Waals surface area contributed by atoms with Gasteiger partial charge in [0.15, 0.2) is 0 Å². The molecule has 1 aromatic heterocycles. The smallest absolute Gasteiger partial charge is 0.277 e. The Bertz CT molecular complexity index is 916. The van der Waals surface area contributed by atoms with Crippen LogP contribution in [0.3, 0.4) is 0 Å². The average molecular weight is 373 g/mol. The molecule has 0 unspecified atom stereocenters. The van der Waals surface area contributed by atoms with Gasteiger partial charge < -0.3 is 14.5 Å². The Morgan fingerprint density at radius 1 is 1.19 bits per heavy atom. The fourth-order valence-electron chi connectivity index (χ4n) is 2.19. The molecule has 3 aromatic rings. The van der Waals surface area contributed by atoms with Gasteiger partial charge in [-0.25, -0.2) is 4.39 Å². The number of para-hydroxylation sites is 2. The topological polar surface area (TPSA) is 77.2 Å². The number of carbonyl (C=O) groups excluding carboxylic acids is 1. The normalized spacial score (nSPS) is 11.8. The summed E-state index contributed by atoms with van der Waals surface area (Å²) in [4.78, 5) is 12.4. The molecule has 1 amide bonds. The number of nitrogens with one attached hydrogen (secondary N) is 1. The predicted octanol–water partition coefficient (Wildman–Crippen LogP) is 4.00. The third-order valence-corrected chi connectivity index (χ3v) is 4.46. The molecule has 134 valence electrons. The maximum absolute atomic E-state index is 13.8. The quantitative estimate of drug-likeness (QED) is 0.658. The molecule has 0 aliphatic heterocycles. The molecule has 2 aromatic carbocycles. The van der Waals surface area contributed by atoms with E-state index in [0.717, 1.165) is 11.8 Å². The molecule has 0 saturated carbocycles. The van der Waals surface area contributed by atoms with E-state index >= 15 is 0 Å². The van der Waals surface area contributed by atoms with Crippen LogP contribution in [0, 0.1) is 5.82 Å². The largest absolute Gasteiger partial charge is 0.495 e. The van der Waals surface area contributed by atoms with Gasteiger partial charge in [-0.15, -0.1) is 10.2 Å². The van der Waals surface area contributed by atoms with E-state index in [4.69, 9.17) is 9.15 Å². The molecule has 0 aliphatic rings. The van der Waals surface area contributed by atoms with Gasteiger partial charge in [-0.1, -0.05) is 36.0 Å². The molecule has 1 N–H and O–H groups in total. The molecule has 1 heterocycles. The molecule has 6 nitrogen and oxygen atoms in total. The SMILES string of the molecule is COc1ccccc1NC(=O)[C@H](C)Sc1nnc(-c2ccccc2F)o1. The second kappa shape index (κ2) is 8.01. The lowest BCUT2D eigenvalue weighted by Gasteiger charge is -2.12. The molecule has 0 radical (unpaired) electrons. The molecule has 0 spiro atoms. The summed E-state index contributed by atoms with van der Waals surface area (Å²) in [6, 6.07) is 13.2. The zero-order valence-corrected chi connectivity index (χ0v) is 14.9. The van der Waals surface area contributed by atoms with Crippen LogP contribution in [-0.2, 0) is 4.79 Å². The van der Waals surface area contributed by atoms with Crippen LogP contribution in [-0.4, -0.2) is 28.5 Å². The lowest BCUT2D eigenvalue weighted by Crippen LogP contribution is -2.22. The third-order valence-electron chi connectivity index (χ3n) is 3.52. The second-order valence-electron chi connectivity index (χ2n) is 5.30. The number of amides is 1. The summed E-state index contributed by atoms with van der Waals surface area (Å²) in [5, 5.41) is 10.2. The number of methoxy groups -OCH3 is 1. The van der Waals surface area contributed by atoms with Crippen LogP contribution in [0.2, 0.25) is 0 Å². The molecule has 0 aliphatic carbocycles. The highest BCUT2D eigenvalue weighted by Crippen LogP contribution is 2.29. The fraction of sp³-hybridized carbons (Fsp3) is 0.167. The highest BCUT2D eigenvalue weighted by molar-refractivity contribution is 8.00. The summed E-state index contributed by atoms with van der Waals surface area (Å²) in [5.41, 5.74) is 0.794. The van der Waals surface area contributed by atoms with Gasteiger partial charge in [0, 0.05) is 0 Å². The molecule has 1 atom stereocenters. The van der Waals surface area contributed by atoms with Crippen molar-refractivity contribution in [3.05, 3.63) is 54.3 Å². The second-order valence-corrected chi connectivity index (χ2v) is 6.59. The van der Waals surface area contributed by atoms with Crippen LogP contribution in [0.25, 0.3) is 11.5 Å². The molecule has 0 bridgehead atoms. The number of hydrogen-bond acceptors (Lipinski definition) is 6. The van der Waals surface area contributed by atoms with E-state index in [1.807, 2.05) is 6.07 Å². The van der Waals surface area contributed by atoms with Crippen molar-refractivity contribution < 1.29 is 18.3 Å². The van der Waals surface area contributed by atoms with Gasteiger partial charge in [0.05, 0.1) is 23.6 Å². The molecule has 0 fully saturated rings. The number of halogens is 1. The molecule has 3 rings (SSSR count). The Labute approximate surface area is 153 Å². The van der Waals surface area contributed by atoms with Crippen molar-refractivity contribution in [3.8, 4) is 17.2 Å². The van der Waals surface area contributed by atoms with Gasteiger partial charge in [-0.2, -0.15) is 0 Å². The Balaban J connectivity index is 1.67. The van der Waals surface area contributed by atoms with E-state index in [1.165, 1.54) is 13.2 Å². The summed E-state index contributed by atoms with van der Waals surface area (Å²) in [5.74, 6) is -0.0552.